The number of hydrogen-bond acceptors (Lipinski definition) is 2. The number of nitrogens with one attached hydrogen (secondary N) is 3. The zero-order valence-electron chi connectivity index (χ0n) is 10.3. The van der Waals surface area contributed by atoms with E-state index in [0.717, 1.165) is 11.3 Å². The van der Waals surface area contributed by atoms with Crippen molar-refractivity contribution in [3.05, 3.63) is 47.5 Å². The summed E-state index contributed by atoms with van der Waals surface area (Å²) >= 11 is 0. The number of anilines is 2. The maximum absolute atomic E-state index is 13.9. The van der Waals surface area contributed by atoms with E-state index in [1.165, 1.54) is 6.07 Å². The standard InChI is InChI=1S/C14H14FN3O/c15-11-6-9-3-4-14(19)18-12(9)7-13(11)17-8-10-2-1-5-16-10/h1-2,5-7,16-17H,3-4,8H2,(H,18,19). The first-order valence-corrected chi connectivity index (χ1v) is 6.21. The molecule has 0 bridgehead atoms. The molecule has 1 amide bonds. The third kappa shape index (κ3) is 2.45. The first kappa shape index (κ1) is 11.8. The van der Waals surface area contributed by atoms with E-state index >= 15 is 0 Å². The Bertz CT molecular complexity index is 607. The molecule has 0 spiro atoms. The summed E-state index contributed by atoms with van der Waals surface area (Å²) in [5, 5.41) is 5.79. The molecule has 0 unspecified atom stereocenters. The van der Waals surface area contributed by atoms with Gasteiger partial charge >= 0.3 is 0 Å². The van der Waals surface area contributed by atoms with Crippen molar-refractivity contribution in [3.63, 3.8) is 0 Å². The summed E-state index contributed by atoms with van der Waals surface area (Å²) in [4.78, 5) is 14.4. The molecule has 2 aromatic rings. The van der Waals surface area contributed by atoms with Gasteiger partial charge < -0.3 is 15.6 Å². The number of benzene rings is 1. The quantitative estimate of drug-likeness (QED) is 0.793. The summed E-state index contributed by atoms with van der Waals surface area (Å²) in [7, 11) is 0. The largest absolute Gasteiger partial charge is 0.377 e. The second-order valence-electron chi connectivity index (χ2n) is 4.59. The Labute approximate surface area is 110 Å². The number of H-pyrrole nitrogens is 1. The van der Waals surface area contributed by atoms with Gasteiger partial charge in [-0.1, -0.05) is 0 Å². The van der Waals surface area contributed by atoms with Crippen molar-refractivity contribution in [2.75, 3.05) is 10.6 Å². The summed E-state index contributed by atoms with van der Waals surface area (Å²) in [5.74, 6) is -0.309. The summed E-state index contributed by atoms with van der Waals surface area (Å²) < 4.78 is 13.9. The van der Waals surface area contributed by atoms with Crippen LogP contribution in [0.2, 0.25) is 0 Å². The molecule has 0 saturated heterocycles. The van der Waals surface area contributed by atoms with E-state index in [0.29, 0.717) is 30.8 Å². The van der Waals surface area contributed by atoms with Crippen LogP contribution in [0, 0.1) is 5.82 Å². The lowest BCUT2D eigenvalue weighted by Crippen LogP contribution is -2.19. The minimum Gasteiger partial charge on any atom is -0.377 e. The molecule has 19 heavy (non-hydrogen) atoms. The first-order chi connectivity index (χ1) is 9.22. The second kappa shape index (κ2) is 4.76. The van der Waals surface area contributed by atoms with Crippen LogP contribution in [-0.4, -0.2) is 10.9 Å². The summed E-state index contributed by atoms with van der Waals surface area (Å²) in [6.45, 7) is 0.511. The van der Waals surface area contributed by atoms with Gasteiger partial charge in [-0.15, -0.1) is 0 Å². The maximum atomic E-state index is 13.9. The third-order valence-electron chi connectivity index (χ3n) is 3.22. The lowest BCUT2D eigenvalue weighted by molar-refractivity contribution is -0.116. The van der Waals surface area contributed by atoms with Crippen LogP contribution in [0.4, 0.5) is 15.8 Å². The molecule has 2 heterocycles. The lowest BCUT2D eigenvalue weighted by Gasteiger charge is -2.18. The van der Waals surface area contributed by atoms with E-state index in [1.807, 2.05) is 18.3 Å². The highest BCUT2D eigenvalue weighted by Gasteiger charge is 2.17. The number of aromatic nitrogens is 1. The Morgan fingerprint density at radius 1 is 1.32 bits per heavy atom. The molecule has 1 aromatic carbocycles. The van der Waals surface area contributed by atoms with Crippen molar-refractivity contribution < 1.29 is 9.18 Å². The molecule has 1 aliphatic heterocycles. The Morgan fingerprint density at radius 3 is 3.00 bits per heavy atom. The van der Waals surface area contributed by atoms with Gasteiger partial charge in [-0.3, -0.25) is 4.79 Å². The molecule has 0 fully saturated rings. The molecular formula is C14H14FN3O. The van der Waals surface area contributed by atoms with Crippen LogP contribution in [0.15, 0.2) is 30.5 Å². The first-order valence-electron chi connectivity index (χ1n) is 6.21. The van der Waals surface area contributed by atoms with Crippen LogP contribution in [0.1, 0.15) is 17.7 Å². The number of carbonyl (C=O) groups excluding carboxylic acids is 1. The Balaban J connectivity index is 1.81. The van der Waals surface area contributed by atoms with Gasteiger partial charge in [0.25, 0.3) is 0 Å². The Kier molecular flexibility index (Phi) is 2.95. The number of fused-ring (bicyclic) bond motifs is 1. The number of aromatic amines is 1. The maximum Gasteiger partial charge on any atom is 0.224 e. The van der Waals surface area contributed by atoms with E-state index in [2.05, 4.69) is 15.6 Å². The predicted molar refractivity (Wildman–Crippen MR) is 71.5 cm³/mol. The van der Waals surface area contributed by atoms with Crippen LogP contribution >= 0.6 is 0 Å². The molecule has 0 saturated carbocycles. The molecular weight excluding hydrogens is 245 g/mol. The van der Waals surface area contributed by atoms with Gasteiger partial charge in [-0.25, -0.2) is 4.39 Å². The molecule has 1 aliphatic rings. The van der Waals surface area contributed by atoms with E-state index in [4.69, 9.17) is 0 Å². The minimum absolute atomic E-state index is 0.0190. The summed E-state index contributed by atoms with van der Waals surface area (Å²) in [5.41, 5.74) is 2.92. The molecule has 5 heteroatoms. The molecule has 4 nitrogen and oxygen atoms in total. The smallest absolute Gasteiger partial charge is 0.224 e. The van der Waals surface area contributed by atoms with E-state index in [-0.39, 0.29) is 11.7 Å². The number of aryl methyl sites for hydroxylation is 1. The van der Waals surface area contributed by atoms with Gasteiger partial charge in [0.15, 0.2) is 0 Å². The van der Waals surface area contributed by atoms with Crippen LogP contribution in [0.5, 0.6) is 0 Å². The van der Waals surface area contributed by atoms with Crippen molar-refractivity contribution in [2.24, 2.45) is 0 Å². The van der Waals surface area contributed by atoms with Crippen molar-refractivity contribution >= 4 is 17.3 Å². The van der Waals surface area contributed by atoms with Crippen molar-refractivity contribution in [2.45, 2.75) is 19.4 Å². The summed E-state index contributed by atoms with van der Waals surface area (Å²) in [6, 6.07) is 6.96. The zero-order chi connectivity index (χ0) is 13.2. The molecule has 3 N–H and O–H groups in total. The van der Waals surface area contributed by atoms with Crippen molar-refractivity contribution in [1.82, 2.24) is 4.98 Å². The number of hydrogen-bond donors (Lipinski definition) is 3. The number of carbonyl (C=O) groups is 1. The van der Waals surface area contributed by atoms with E-state index in [9.17, 15) is 9.18 Å². The fourth-order valence-corrected chi connectivity index (χ4v) is 2.20. The highest BCUT2D eigenvalue weighted by Crippen LogP contribution is 2.28. The third-order valence-corrected chi connectivity index (χ3v) is 3.22. The molecule has 0 atom stereocenters. The Morgan fingerprint density at radius 2 is 2.21 bits per heavy atom. The topological polar surface area (TPSA) is 56.9 Å². The SMILES string of the molecule is O=C1CCc2cc(F)c(NCc3ccc[nH]3)cc2N1. The number of amides is 1. The second-order valence-corrected chi connectivity index (χ2v) is 4.59. The van der Waals surface area contributed by atoms with Crippen LogP contribution in [0.3, 0.4) is 0 Å². The highest BCUT2D eigenvalue weighted by atomic mass is 19.1. The van der Waals surface area contributed by atoms with Gasteiger partial charge in [-0.05, 0) is 36.2 Å². The fourth-order valence-electron chi connectivity index (χ4n) is 2.20. The normalized spacial score (nSPS) is 13.8. The van der Waals surface area contributed by atoms with Crippen LogP contribution in [0.25, 0.3) is 0 Å². The van der Waals surface area contributed by atoms with Crippen molar-refractivity contribution in [1.29, 1.82) is 0 Å². The Hall–Kier alpha value is -2.30. The molecule has 3 rings (SSSR count). The van der Waals surface area contributed by atoms with Crippen molar-refractivity contribution in [3.8, 4) is 0 Å². The summed E-state index contributed by atoms with van der Waals surface area (Å²) in [6.07, 6.45) is 2.83. The number of halogens is 1. The van der Waals surface area contributed by atoms with E-state index in [1.54, 1.807) is 6.07 Å². The fraction of sp³-hybridized carbons (Fsp3) is 0.214. The zero-order valence-corrected chi connectivity index (χ0v) is 10.3. The average Bonchev–Trinajstić information content (AvgIpc) is 2.90. The van der Waals surface area contributed by atoms with E-state index < -0.39 is 0 Å². The van der Waals surface area contributed by atoms with Gasteiger partial charge in [0.2, 0.25) is 5.91 Å². The lowest BCUT2D eigenvalue weighted by atomic mass is 10.0. The average molecular weight is 259 g/mol. The van der Waals surface area contributed by atoms with Gasteiger partial charge in [0.05, 0.1) is 12.2 Å². The highest BCUT2D eigenvalue weighted by molar-refractivity contribution is 5.94. The van der Waals surface area contributed by atoms with Crippen LogP contribution < -0.4 is 10.6 Å². The minimum atomic E-state index is -0.290. The molecule has 1 aromatic heterocycles. The number of rotatable bonds is 3. The molecule has 0 radical (unpaired) electrons. The van der Waals surface area contributed by atoms with Gasteiger partial charge in [0.1, 0.15) is 5.82 Å². The molecule has 0 aliphatic carbocycles. The van der Waals surface area contributed by atoms with Gasteiger partial charge in [0, 0.05) is 24.0 Å². The van der Waals surface area contributed by atoms with Gasteiger partial charge in [-0.2, -0.15) is 0 Å². The van der Waals surface area contributed by atoms with Crippen LogP contribution in [-0.2, 0) is 17.8 Å². The predicted octanol–water partition coefficient (Wildman–Crippen LogP) is 2.65. The monoisotopic (exact) mass is 259 g/mol. The molecule has 98 valence electrons.